The Balaban J connectivity index is 1.40. The van der Waals surface area contributed by atoms with Gasteiger partial charge in [0.05, 0.1) is 44.4 Å². The second-order valence-electron chi connectivity index (χ2n) is 12.1. The summed E-state index contributed by atoms with van der Waals surface area (Å²) >= 11 is 0. The Kier molecular flexibility index (Phi) is 9.96. The molecule has 0 radical (unpaired) electrons. The molecule has 1 unspecified atom stereocenters. The van der Waals surface area contributed by atoms with Gasteiger partial charge >= 0.3 is 5.97 Å². The average molecular weight is 514 g/mol. The Hall–Kier alpha value is -1.10. The number of hydrogen-bond acceptors (Lipinski definition) is 9. The van der Waals surface area contributed by atoms with Crippen molar-refractivity contribution in [3.05, 3.63) is 0 Å². The molecule has 0 aromatic rings. The van der Waals surface area contributed by atoms with Crippen LogP contribution < -0.4 is 0 Å². The lowest BCUT2D eigenvalue weighted by Gasteiger charge is -2.53. The number of hydrogen-bond donors (Lipinski definition) is 0. The van der Waals surface area contributed by atoms with E-state index in [-0.39, 0.29) is 47.1 Å². The number of piperidine rings is 1. The van der Waals surface area contributed by atoms with Crippen molar-refractivity contribution < 1.29 is 38.0 Å². The number of ether oxygens (including phenoxy) is 6. The number of likely N-dealkylation sites (tertiary alicyclic amines) is 1. The van der Waals surface area contributed by atoms with Crippen molar-refractivity contribution in [2.45, 2.75) is 103 Å². The number of carbonyl (C=O) groups is 2. The summed E-state index contributed by atoms with van der Waals surface area (Å²) in [7, 11) is 3.73. The summed E-state index contributed by atoms with van der Waals surface area (Å²) in [5.74, 6) is -0.651. The van der Waals surface area contributed by atoms with Crippen molar-refractivity contribution in [2.24, 2.45) is 11.3 Å². The van der Waals surface area contributed by atoms with Crippen LogP contribution in [-0.4, -0.2) is 93.6 Å². The zero-order valence-electron chi connectivity index (χ0n) is 23.3. The van der Waals surface area contributed by atoms with E-state index in [1.54, 1.807) is 7.11 Å². The number of carbonyl (C=O) groups excluding carboxylic acids is 2. The fourth-order valence-corrected chi connectivity index (χ4v) is 5.50. The van der Waals surface area contributed by atoms with Gasteiger partial charge in [0.1, 0.15) is 11.9 Å². The third kappa shape index (κ3) is 7.48. The molecule has 3 rings (SSSR count). The molecule has 1 spiro atoms. The number of rotatable bonds is 10. The topological polar surface area (TPSA) is 92.8 Å². The van der Waals surface area contributed by atoms with E-state index in [0.29, 0.717) is 52.3 Å². The van der Waals surface area contributed by atoms with Crippen LogP contribution in [0.4, 0.5) is 0 Å². The van der Waals surface area contributed by atoms with E-state index < -0.39 is 12.2 Å². The van der Waals surface area contributed by atoms with E-state index in [1.807, 2.05) is 6.92 Å². The number of ketones is 1. The van der Waals surface area contributed by atoms with Crippen LogP contribution in [0.3, 0.4) is 0 Å². The van der Waals surface area contributed by atoms with Crippen molar-refractivity contribution in [1.82, 2.24) is 4.90 Å². The molecule has 0 aromatic carbocycles. The van der Waals surface area contributed by atoms with Gasteiger partial charge in [-0.2, -0.15) is 0 Å². The van der Waals surface area contributed by atoms with Crippen molar-refractivity contribution in [3.63, 3.8) is 0 Å². The lowest BCUT2D eigenvalue weighted by molar-refractivity contribution is -0.308. The largest absolute Gasteiger partial charge is 0.462 e. The third-order valence-corrected chi connectivity index (χ3v) is 8.12. The molecule has 0 N–H and O–H groups in total. The van der Waals surface area contributed by atoms with Crippen LogP contribution in [0, 0.1) is 11.3 Å². The van der Waals surface area contributed by atoms with Crippen LogP contribution in [0.15, 0.2) is 0 Å². The molecule has 9 heteroatoms. The molecule has 9 nitrogen and oxygen atoms in total. The molecule has 3 saturated heterocycles. The Labute approximate surface area is 216 Å². The molecule has 3 aliphatic rings. The number of esters is 1. The highest BCUT2D eigenvalue weighted by Gasteiger charge is 2.45. The number of Topliss-reactive ketones (excluding diaryl/α,β-unsaturated/α-hetero) is 1. The summed E-state index contributed by atoms with van der Waals surface area (Å²) in [6.07, 6.45) is 2.16. The summed E-state index contributed by atoms with van der Waals surface area (Å²) in [4.78, 5) is 28.0. The van der Waals surface area contributed by atoms with Crippen LogP contribution in [0.1, 0.15) is 73.1 Å². The quantitative estimate of drug-likeness (QED) is 0.408. The van der Waals surface area contributed by atoms with E-state index in [1.165, 1.54) is 0 Å². The van der Waals surface area contributed by atoms with Crippen LogP contribution in [0.25, 0.3) is 0 Å². The second kappa shape index (κ2) is 12.2. The molecule has 3 heterocycles. The molecular weight excluding hydrogens is 466 g/mol. The van der Waals surface area contributed by atoms with E-state index in [9.17, 15) is 9.59 Å². The van der Waals surface area contributed by atoms with Crippen LogP contribution >= 0.6 is 0 Å². The Morgan fingerprint density at radius 1 is 0.944 bits per heavy atom. The molecular formula is C27H47NO8. The van der Waals surface area contributed by atoms with Gasteiger partial charge in [0.2, 0.25) is 0 Å². The molecule has 3 fully saturated rings. The highest BCUT2D eigenvalue weighted by atomic mass is 16.7. The average Bonchev–Trinajstić information content (AvgIpc) is 2.82. The zero-order chi connectivity index (χ0) is 26.6. The van der Waals surface area contributed by atoms with Crippen molar-refractivity contribution >= 4 is 11.8 Å². The van der Waals surface area contributed by atoms with Gasteiger partial charge in [-0.15, -0.1) is 0 Å². The molecule has 1 atom stereocenters. The standard InChI is InChI=1S/C27H47NO8/c1-8-19(24(30)36-21-12-25(2,3)28(6)26(4,5)13-21)11-20(29)9-10-22-32-15-27(16-33-22)17-34-23(14-31-7)35-18-27/h19,21-23H,8-18H2,1-7H3. The Morgan fingerprint density at radius 3 is 1.97 bits per heavy atom. The SMILES string of the molecule is CCC(CC(=O)CCC1OCC2(CO1)COC(COC)OC2)C(=O)OC1CC(C)(C)N(C)C(C)(C)C1. The van der Waals surface area contributed by atoms with Crippen LogP contribution in [-0.2, 0) is 38.0 Å². The molecule has 208 valence electrons. The third-order valence-electron chi connectivity index (χ3n) is 8.12. The monoisotopic (exact) mass is 513 g/mol. The maximum Gasteiger partial charge on any atom is 0.309 e. The first-order valence-corrected chi connectivity index (χ1v) is 13.3. The van der Waals surface area contributed by atoms with Gasteiger partial charge in [0, 0.05) is 50.3 Å². The summed E-state index contributed by atoms with van der Waals surface area (Å²) in [5, 5.41) is 0. The molecule has 0 amide bonds. The lowest BCUT2D eigenvalue weighted by atomic mass is 9.78. The fraction of sp³-hybridized carbons (Fsp3) is 0.926. The van der Waals surface area contributed by atoms with E-state index in [4.69, 9.17) is 28.4 Å². The van der Waals surface area contributed by atoms with Crippen molar-refractivity contribution in [1.29, 1.82) is 0 Å². The van der Waals surface area contributed by atoms with Crippen LogP contribution in [0.5, 0.6) is 0 Å². The molecule has 0 aromatic heterocycles. The maximum absolute atomic E-state index is 13.0. The number of nitrogens with zero attached hydrogens (tertiary/aromatic N) is 1. The zero-order valence-corrected chi connectivity index (χ0v) is 23.3. The van der Waals surface area contributed by atoms with Gasteiger partial charge in [-0.25, -0.2) is 0 Å². The summed E-state index contributed by atoms with van der Waals surface area (Å²) in [6, 6.07) is 0. The first-order valence-electron chi connectivity index (χ1n) is 13.3. The van der Waals surface area contributed by atoms with Gasteiger partial charge in [-0.05, 0) is 41.2 Å². The maximum atomic E-state index is 13.0. The minimum absolute atomic E-state index is 0.0297. The molecule has 0 saturated carbocycles. The highest BCUT2D eigenvalue weighted by Crippen LogP contribution is 2.38. The number of methoxy groups -OCH3 is 1. The molecule has 3 aliphatic heterocycles. The van der Waals surface area contributed by atoms with Crippen molar-refractivity contribution in [2.75, 3.05) is 47.2 Å². The van der Waals surface area contributed by atoms with Gasteiger partial charge < -0.3 is 28.4 Å². The molecule has 0 bridgehead atoms. The van der Waals surface area contributed by atoms with Gasteiger partial charge in [0.15, 0.2) is 12.6 Å². The van der Waals surface area contributed by atoms with E-state index in [2.05, 4.69) is 39.6 Å². The highest BCUT2D eigenvalue weighted by molar-refractivity contribution is 5.84. The van der Waals surface area contributed by atoms with Gasteiger partial charge in [-0.1, -0.05) is 6.92 Å². The van der Waals surface area contributed by atoms with E-state index >= 15 is 0 Å². The fourth-order valence-electron chi connectivity index (χ4n) is 5.50. The predicted octanol–water partition coefficient (Wildman–Crippen LogP) is 3.33. The summed E-state index contributed by atoms with van der Waals surface area (Å²) in [5.41, 5.74) is -0.451. The first kappa shape index (κ1) is 29.5. The lowest BCUT2D eigenvalue weighted by Crippen LogP contribution is -2.60. The predicted molar refractivity (Wildman–Crippen MR) is 133 cm³/mol. The second-order valence-corrected chi connectivity index (χ2v) is 12.1. The summed E-state index contributed by atoms with van der Waals surface area (Å²) < 4.78 is 34.2. The minimum Gasteiger partial charge on any atom is -0.462 e. The van der Waals surface area contributed by atoms with E-state index in [0.717, 1.165) is 12.8 Å². The van der Waals surface area contributed by atoms with Crippen molar-refractivity contribution in [3.8, 4) is 0 Å². The molecule has 36 heavy (non-hydrogen) atoms. The first-order chi connectivity index (χ1) is 16.9. The smallest absolute Gasteiger partial charge is 0.309 e. The Bertz CT molecular complexity index is 718. The minimum atomic E-state index is -0.438. The molecule has 0 aliphatic carbocycles. The summed E-state index contributed by atoms with van der Waals surface area (Å²) in [6.45, 7) is 12.9. The van der Waals surface area contributed by atoms with Crippen LogP contribution in [0.2, 0.25) is 0 Å². The normalized spacial score (nSPS) is 31.8. The Morgan fingerprint density at radius 2 is 1.47 bits per heavy atom. The van der Waals surface area contributed by atoms with Gasteiger partial charge in [0.25, 0.3) is 0 Å². The van der Waals surface area contributed by atoms with Gasteiger partial charge in [-0.3, -0.25) is 14.5 Å².